The Morgan fingerprint density at radius 3 is 2.59 bits per heavy atom. The molecular weight excluding hydrogens is 543 g/mol. The number of carbonyl (C=O) groups is 2. The van der Waals surface area contributed by atoms with Crippen LogP contribution in [0, 0.1) is 0 Å². The highest BCUT2D eigenvalue weighted by molar-refractivity contribution is 14.0. The number of aliphatic imine (C=N–C) groups is 1. The summed E-state index contributed by atoms with van der Waals surface area (Å²) in [6, 6.07) is 15.3. The van der Waals surface area contributed by atoms with E-state index in [0.717, 1.165) is 41.7 Å². The Morgan fingerprint density at radius 2 is 1.94 bits per heavy atom. The lowest BCUT2D eigenvalue weighted by Crippen LogP contribution is -2.44. The summed E-state index contributed by atoms with van der Waals surface area (Å²) in [7, 11) is 1.74. The molecule has 2 amide bonds. The molecule has 1 heterocycles. The van der Waals surface area contributed by atoms with Gasteiger partial charge in [-0.25, -0.2) is 0 Å². The third kappa shape index (κ3) is 7.56. The predicted octanol–water partition coefficient (Wildman–Crippen LogP) is 2.12. The lowest BCUT2D eigenvalue weighted by molar-refractivity contribution is -0.117. The highest BCUT2D eigenvalue weighted by Crippen LogP contribution is 2.23. The van der Waals surface area contributed by atoms with Gasteiger partial charge >= 0.3 is 0 Å². The van der Waals surface area contributed by atoms with Crippen molar-refractivity contribution in [1.29, 1.82) is 0 Å². The summed E-state index contributed by atoms with van der Waals surface area (Å²) >= 11 is 6.11. The number of primary amides is 1. The number of rotatable bonds is 7. The first kappa shape index (κ1) is 25.7. The Labute approximate surface area is 210 Å². The Bertz CT molecular complexity index is 954. The van der Waals surface area contributed by atoms with E-state index in [1.807, 2.05) is 30.3 Å². The minimum atomic E-state index is -0.578. The summed E-state index contributed by atoms with van der Waals surface area (Å²) in [6.45, 7) is 2.21. The maximum absolute atomic E-state index is 11.9. The monoisotopic (exact) mass is 570 g/mol. The number of hydrogen-bond donors (Lipinski definition) is 4. The van der Waals surface area contributed by atoms with Crippen LogP contribution in [-0.2, 0) is 11.3 Å². The number of hydrogen-bond acceptors (Lipinski definition) is 4. The van der Waals surface area contributed by atoms with Gasteiger partial charge in [-0.1, -0.05) is 29.8 Å². The number of benzene rings is 2. The summed E-state index contributed by atoms with van der Waals surface area (Å²) < 4.78 is 0. The average Bonchev–Trinajstić information content (AvgIpc) is 3.24. The largest absolute Gasteiger partial charge is 0.369 e. The summed E-state index contributed by atoms with van der Waals surface area (Å²) in [6.07, 6.45) is 1.00. The van der Waals surface area contributed by atoms with E-state index in [4.69, 9.17) is 17.3 Å². The molecule has 1 atom stereocenters. The van der Waals surface area contributed by atoms with Gasteiger partial charge in [0, 0.05) is 49.0 Å². The van der Waals surface area contributed by atoms with Crippen LogP contribution in [0.25, 0.3) is 0 Å². The van der Waals surface area contributed by atoms with Crippen LogP contribution in [0.15, 0.2) is 53.5 Å². The van der Waals surface area contributed by atoms with Crippen LogP contribution in [0.5, 0.6) is 0 Å². The number of nitrogens with two attached hydrogens (primary N) is 1. The van der Waals surface area contributed by atoms with Gasteiger partial charge in [0.2, 0.25) is 5.91 Å². The van der Waals surface area contributed by atoms with Gasteiger partial charge in [-0.15, -0.1) is 24.0 Å². The van der Waals surface area contributed by atoms with E-state index in [-0.39, 0.29) is 42.5 Å². The fraction of sp³-hybridized carbons (Fsp3) is 0.318. The third-order valence-corrected chi connectivity index (χ3v) is 5.26. The van der Waals surface area contributed by atoms with E-state index in [1.165, 1.54) is 0 Å². The molecule has 1 saturated heterocycles. The van der Waals surface area contributed by atoms with Gasteiger partial charge in [-0.2, -0.15) is 0 Å². The van der Waals surface area contributed by atoms with Crippen molar-refractivity contribution in [2.45, 2.75) is 19.0 Å². The number of halogens is 2. The predicted molar refractivity (Wildman–Crippen MR) is 139 cm³/mol. The van der Waals surface area contributed by atoms with Crippen molar-refractivity contribution in [3.8, 4) is 0 Å². The van der Waals surface area contributed by atoms with Crippen LogP contribution in [0.1, 0.15) is 22.3 Å². The molecule has 10 heteroatoms. The lowest BCUT2D eigenvalue weighted by atomic mass is 10.1. The molecule has 1 unspecified atom stereocenters. The molecule has 0 bridgehead atoms. The summed E-state index contributed by atoms with van der Waals surface area (Å²) in [5.41, 5.74) is 7.64. The zero-order chi connectivity index (χ0) is 22.2. The summed E-state index contributed by atoms with van der Waals surface area (Å²) in [5.74, 6) is -0.187. The number of nitrogens with zero attached hydrogens (tertiary/aromatic N) is 2. The molecule has 0 spiro atoms. The molecule has 0 aliphatic carbocycles. The third-order valence-electron chi connectivity index (χ3n) is 5.03. The van der Waals surface area contributed by atoms with Crippen molar-refractivity contribution in [3.05, 3.63) is 64.7 Å². The summed E-state index contributed by atoms with van der Waals surface area (Å²) in [5, 5.41) is 9.97. The zero-order valence-electron chi connectivity index (χ0n) is 17.8. The molecule has 1 aliphatic heterocycles. The van der Waals surface area contributed by atoms with Crippen LogP contribution in [0.3, 0.4) is 0 Å². The van der Waals surface area contributed by atoms with E-state index in [2.05, 4.69) is 31.9 Å². The Kier molecular flexibility index (Phi) is 10.0. The highest BCUT2D eigenvalue weighted by Gasteiger charge is 2.23. The first-order valence-corrected chi connectivity index (χ1v) is 10.5. The minimum Gasteiger partial charge on any atom is -0.369 e. The minimum absolute atomic E-state index is 0. The molecule has 0 aromatic heterocycles. The van der Waals surface area contributed by atoms with Gasteiger partial charge in [0.25, 0.3) is 5.91 Å². The van der Waals surface area contributed by atoms with Crippen LogP contribution in [0.4, 0.5) is 5.69 Å². The van der Waals surface area contributed by atoms with Crippen molar-refractivity contribution >= 4 is 59.0 Å². The van der Waals surface area contributed by atoms with Crippen LogP contribution in [0.2, 0.25) is 5.02 Å². The molecule has 0 radical (unpaired) electrons. The standard InChI is InChI=1S/C22H27ClN6O2.HI/c1-25-22(28-18-9-10-29(14-18)19-4-2-3-17(23)11-19)27-12-15-5-7-16(8-6-15)21(31)26-13-20(24)30;/h2-8,11,18H,9-10,12-14H2,1H3,(H2,24,30)(H,26,31)(H2,25,27,28);1H. The first-order chi connectivity index (χ1) is 14.9. The van der Waals surface area contributed by atoms with Gasteiger partial charge in [-0.05, 0) is 42.3 Å². The molecule has 2 aromatic carbocycles. The fourth-order valence-corrected chi connectivity index (χ4v) is 3.59. The van der Waals surface area contributed by atoms with E-state index in [0.29, 0.717) is 12.1 Å². The second-order valence-corrected chi connectivity index (χ2v) is 7.76. The molecule has 3 rings (SSSR count). The Balaban J connectivity index is 0.00000363. The van der Waals surface area contributed by atoms with Crippen LogP contribution < -0.4 is 26.6 Å². The number of carbonyl (C=O) groups excluding carboxylic acids is 2. The average molecular weight is 571 g/mol. The molecule has 1 aliphatic rings. The number of nitrogens with one attached hydrogen (secondary N) is 3. The highest BCUT2D eigenvalue weighted by atomic mass is 127. The van der Waals surface area contributed by atoms with E-state index in [9.17, 15) is 9.59 Å². The van der Waals surface area contributed by atoms with Crippen molar-refractivity contribution in [2.75, 3.05) is 31.6 Å². The quantitative estimate of drug-likeness (QED) is 0.232. The first-order valence-electron chi connectivity index (χ1n) is 10.1. The van der Waals surface area contributed by atoms with Crippen LogP contribution >= 0.6 is 35.6 Å². The molecule has 1 fully saturated rings. The molecule has 0 saturated carbocycles. The van der Waals surface area contributed by atoms with E-state index in [1.54, 1.807) is 19.2 Å². The molecule has 5 N–H and O–H groups in total. The number of guanidine groups is 1. The topological polar surface area (TPSA) is 112 Å². The molecular formula is C22H28ClIN6O2. The Morgan fingerprint density at radius 1 is 1.19 bits per heavy atom. The van der Waals surface area contributed by atoms with Crippen molar-refractivity contribution in [1.82, 2.24) is 16.0 Å². The van der Waals surface area contributed by atoms with Gasteiger partial charge in [-0.3, -0.25) is 14.6 Å². The smallest absolute Gasteiger partial charge is 0.251 e. The van der Waals surface area contributed by atoms with Gasteiger partial charge in [0.05, 0.1) is 6.54 Å². The number of anilines is 1. The second-order valence-electron chi connectivity index (χ2n) is 7.33. The van der Waals surface area contributed by atoms with Crippen LogP contribution in [-0.4, -0.2) is 50.5 Å². The molecule has 172 valence electrons. The van der Waals surface area contributed by atoms with Crippen molar-refractivity contribution < 1.29 is 9.59 Å². The van der Waals surface area contributed by atoms with E-state index < -0.39 is 5.91 Å². The maximum Gasteiger partial charge on any atom is 0.251 e. The summed E-state index contributed by atoms with van der Waals surface area (Å²) in [4.78, 5) is 29.3. The Hall–Kier alpha value is -2.53. The van der Waals surface area contributed by atoms with Crippen molar-refractivity contribution in [3.63, 3.8) is 0 Å². The molecule has 32 heavy (non-hydrogen) atoms. The fourth-order valence-electron chi connectivity index (χ4n) is 3.40. The number of amides is 2. The van der Waals surface area contributed by atoms with Crippen molar-refractivity contribution in [2.24, 2.45) is 10.7 Å². The normalized spacial score (nSPS) is 15.6. The van der Waals surface area contributed by atoms with Gasteiger partial charge in [0.1, 0.15) is 0 Å². The lowest BCUT2D eigenvalue weighted by Gasteiger charge is -2.20. The zero-order valence-corrected chi connectivity index (χ0v) is 20.9. The maximum atomic E-state index is 11.9. The molecule has 2 aromatic rings. The second kappa shape index (κ2) is 12.5. The van der Waals surface area contributed by atoms with Gasteiger partial charge in [0.15, 0.2) is 5.96 Å². The molecule has 8 nitrogen and oxygen atoms in total. The van der Waals surface area contributed by atoms with Gasteiger partial charge < -0.3 is 26.6 Å². The van der Waals surface area contributed by atoms with E-state index >= 15 is 0 Å². The SMILES string of the molecule is CN=C(NCc1ccc(C(=O)NCC(N)=O)cc1)NC1CCN(c2cccc(Cl)c2)C1.I.